The molecule has 0 aliphatic rings. The van der Waals surface area contributed by atoms with Gasteiger partial charge < -0.3 is 10.1 Å². The highest BCUT2D eigenvalue weighted by atomic mass is 32.2. The van der Waals surface area contributed by atoms with Gasteiger partial charge in [0.1, 0.15) is 5.75 Å². The van der Waals surface area contributed by atoms with Crippen LogP contribution in [0.25, 0.3) is 0 Å². The van der Waals surface area contributed by atoms with Gasteiger partial charge in [0, 0.05) is 18.7 Å². The van der Waals surface area contributed by atoms with Crippen molar-refractivity contribution in [2.24, 2.45) is 0 Å². The van der Waals surface area contributed by atoms with Gasteiger partial charge in [0.05, 0.1) is 6.61 Å². The Balaban J connectivity index is 2.61. The molecular formula is C17H23NO4S2. The van der Waals surface area contributed by atoms with Crippen LogP contribution in [0.2, 0.25) is 0 Å². The van der Waals surface area contributed by atoms with E-state index in [1.807, 2.05) is 31.2 Å². The molecule has 0 fully saturated rings. The smallest absolute Gasteiger partial charge is 0.316 e. The number of aryl methyl sites for hydroxylation is 1. The van der Waals surface area contributed by atoms with Gasteiger partial charge in [0.25, 0.3) is 5.24 Å². The quantitative estimate of drug-likeness (QED) is 0.710. The lowest BCUT2D eigenvalue weighted by atomic mass is 10.0. The van der Waals surface area contributed by atoms with E-state index in [-0.39, 0.29) is 22.1 Å². The predicted octanol–water partition coefficient (Wildman–Crippen LogP) is 3.19. The van der Waals surface area contributed by atoms with Crippen molar-refractivity contribution in [2.75, 3.05) is 18.1 Å². The van der Waals surface area contributed by atoms with E-state index in [9.17, 15) is 14.4 Å². The van der Waals surface area contributed by atoms with E-state index in [0.29, 0.717) is 18.8 Å². The summed E-state index contributed by atoms with van der Waals surface area (Å²) >= 11 is 2.07. The average Bonchev–Trinajstić information content (AvgIpc) is 2.53. The van der Waals surface area contributed by atoms with Crippen LogP contribution in [0, 0.1) is 6.92 Å². The zero-order chi connectivity index (χ0) is 17.9. The second-order valence-electron chi connectivity index (χ2n) is 5.16. The summed E-state index contributed by atoms with van der Waals surface area (Å²) < 4.78 is 4.80. The predicted molar refractivity (Wildman–Crippen MR) is 99.4 cm³/mol. The van der Waals surface area contributed by atoms with E-state index in [4.69, 9.17) is 4.74 Å². The van der Waals surface area contributed by atoms with Gasteiger partial charge in [0.15, 0.2) is 5.12 Å². The Morgan fingerprint density at radius 2 is 1.92 bits per heavy atom. The molecule has 0 aliphatic heterocycles. The number of rotatable bonds is 8. The largest absolute Gasteiger partial charge is 0.465 e. The number of nitrogens with one attached hydrogen (secondary N) is 1. The average molecular weight is 370 g/mol. The van der Waals surface area contributed by atoms with Crippen LogP contribution in [0.4, 0.5) is 4.79 Å². The summed E-state index contributed by atoms with van der Waals surface area (Å²) in [7, 11) is 0. The molecular weight excluding hydrogens is 346 g/mol. The zero-order valence-corrected chi connectivity index (χ0v) is 15.8. The first-order chi connectivity index (χ1) is 11.4. The van der Waals surface area contributed by atoms with Crippen LogP contribution in [0.15, 0.2) is 24.3 Å². The number of thioether (sulfide) groups is 2. The fraction of sp³-hybridized carbons (Fsp3) is 0.471. The van der Waals surface area contributed by atoms with E-state index in [2.05, 4.69) is 5.32 Å². The van der Waals surface area contributed by atoms with Crippen LogP contribution in [0.5, 0.6) is 0 Å². The molecule has 0 aromatic heterocycles. The van der Waals surface area contributed by atoms with Gasteiger partial charge in [-0.2, -0.15) is 0 Å². The third kappa shape index (κ3) is 8.40. The minimum absolute atomic E-state index is 0.0122. The maximum absolute atomic E-state index is 12.0. The normalized spacial score (nSPS) is 11.6. The van der Waals surface area contributed by atoms with E-state index >= 15 is 0 Å². The van der Waals surface area contributed by atoms with Crippen LogP contribution in [0.1, 0.15) is 25.0 Å². The Labute approximate surface area is 151 Å². The maximum Gasteiger partial charge on any atom is 0.316 e. The molecule has 1 aromatic carbocycles. The van der Waals surface area contributed by atoms with Gasteiger partial charge in [-0.05, 0) is 31.4 Å². The van der Waals surface area contributed by atoms with Crippen LogP contribution < -0.4 is 5.32 Å². The van der Waals surface area contributed by atoms with E-state index in [1.165, 1.54) is 18.7 Å². The van der Waals surface area contributed by atoms with Crippen molar-refractivity contribution in [3.63, 3.8) is 0 Å². The molecule has 1 atom stereocenters. The Morgan fingerprint density at radius 3 is 2.54 bits per heavy atom. The molecule has 132 valence electrons. The van der Waals surface area contributed by atoms with Gasteiger partial charge in [-0.15, -0.1) is 0 Å². The van der Waals surface area contributed by atoms with Crippen molar-refractivity contribution >= 4 is 39.8 Å². The van der Waals surface area contributed by atoms with Crippen molar-refractivity contribution in [1.29, 1.82) is 0 Å². The van der Waals surface area contributed by atoms with Crippen molar-refractivity contribution in [3.8, 4) is 0 Å². The Hall–Kier alpha value is -1.47. The second-order valence-corrected chi connectivity index (χ2v) is 7.30. The van der Waals surface area contributed by atoms with Gasteiger partial charge in [0.2, 0.25) is 0 Å². The molecule has 0 bridgehead atoms. The summed E-state index contributed by atoms with van der Waals surface area (Å²) in [4.78, 5) is 34.6. The zero-order valence-electron chi connectivity index (χ0n) is 14.2. The van der Waals surface area contributed by atoms with Gasteiger partial charge in [-0.3, -0.25) is 14.4 Å². The van der Waals surface area contributed by atoms with E-state index < -0.39 is 5.97 Å². The number of ether oxygens (including phenoxy) is 1. The summed E-state index contributed by atoms with van der Waals surface area (Å²) in [5.41, 5.74) is 2.27. The fourth-order valence-corrected chi connectivity index (χ4v) is 3.23. The monoisotopic (exact) mass is 369 g/mol. The molecule has 0 saturated carbocycles. The van der Waals surface area contributed by atoms with Crippen LogP contribution >= 0.6 is 23.5 Å². The molecule has 0 aliphatic carbocycles. The standard InChI is InChI=1S/C17H23NO4S2/c1-4-22-16(20)11-24-17(21)18-15(10-23-13(3)19)9-14-8-6-5-7-12(14)2/h5-8,15H,4,9-11H2,1-3H3,(H,18,21). The van der Waals surface area contributed by atoms with Crippen LogP contribution in [-0.4, -0.2) is 40.5 Å². The molecule has 7 heteroatoms. The SMILES string of the molecule is CCOC(=O)CSC(=O)NC(CSC(C)=O)Cc1ccccc1C. The summed E-state index contributed by atoms with van der Waals surface area (Å²) in [6.07, 6.45) is 0.638. The number of carbonyl (C=O) groups is 3. The van der Waals surface area contributed by atoms with Crippen LogP contribution in [0.3, 0.4) is 0 Å². The number of hydrogen-bond donors (Lipinski definition) is 1. The summed E-state index contributed by atoms with van der Waals surface area (Å²) in [6.45, 7) is 5.54. The Kier molecular flexibility index (Phi) is 9.56. The molecule has 1 amide bonds. The lowest BCUT2D eigenvalue weighted by molar-refractivity contribution is -0.139. The molecule has 0 radical (unpaired) electrons. The number of amides is 1. The molecule has 1 N–H and O–H groups in total. The summed E-state index contributed by atoms with van der Waals surface area (Å²) in [5, 5.41) is 2.61. The first-order valence-corrected chi connectivity index (χ1v) is 9.66. The van der Waals surface area contributed by atoms with Gasteiger partial charge in [-0.1, -0.05) is 47.8 Å². The maximum atomic E-state index is 12.0. The van der Waals surface area contributed by atoms with Gasteiger partial charge >= 0.3 is 5.97 Å². The van der Waals surface area contributed by atoms with E-state index in [0.717, 1.165) is 22.9 Å². The molecule has 1 rings (SSSR count). The molecule has 0 spiro atoms. The van der Waals surface area contributed by atoms with Gasteiger partial charge in [-0.25, -0.2) is 0 Å². The van der Waals surface area contributed by atoms with E-state index in [1.54, 1.807) is 6.92 Å². The summed E-state index contributed by atoms with van der Waals surface area (Å²) in [6, 6.07) is 7.77. The topological polar surface area (TPSA) is 72.5 Å². The lowest BCUT2D eigenvalue weighted by Gasteiger charge is -2.18. The molecule has 5 nitrogen and oxygen atoms in total. The number of carbonyl (C=O) groups excluding carboxylic acids is 3. The highest BCUT2D eigenvalue weighted by molar-refractivity contribution is 8.14. The van der Waals surface area contributed by atoms with Crippen molar-refractivity contribution < 1.29 is 19.1 Å². The fourth-order valence-electron chi connectivity index (χ4n) is 2.01. The summed E-state index contributed by atoms with van der Waals surface area (Å²) in [5.74, 6) is 0.0672. The Morgan fingerprint density at radius 1 is 1.21 bits per heavy atom. The van der Waals surface area contributed by atoms with Crippen LogP contribution in [-0.2, 0) is 20.7 Å². The number of benzene rings is 1. The molecule has 0 saturated heterocycles. The highest BCUT2D eigenvalue weighted by Gasteiger charge is 2.17. The first kappa shape index (κ1) is 20.6. The number of hydrogen-bond acceptors (Lipinski definition) is 6. The number of esters is 1. The first-order valence-electron chi connectivity index (χ1n) is 7.69. The minimum Gasteiger partial charge on any atom is -0.465 e. The minimum atomic E-state index is -0.411. The molecule has 0 heterocycles. The lowest BCUT2D eigenvalue weighted by Crippen LogP contribution is -2.37. The molecule has 1 aromatic rings. The van der Waals surface area contributed by atoms with Crippen molar-refractivity contribution in [2.45, 2.75) is 33.2 Å². The molecule has 1 unspecified atom stereocenters. The third-order valence-corrected chi connectivity index (χ3v) is 4.90. The Bertz CT molecular complexity index is 577. The van der Waals surface area contributed by atoms with Crippen molar-refractivity contribution in [3.05, 3.63) is 35.4 Å². The van der Waals surface area contributed by atoms with Crippen molar-refractivity contribution in [1.82, 2.24) is 5.32 Å². The second kappa shape index (κ2) is 11.1. The third-order valence-electron chi connectivity index (χ3n) is 3.16. The highest BCUT2D eigenvalue weighted by Crippen LogP contribution is 2.15. The molecule has 24 heavy (non-hydrogen) atoms.